The van der Waals surface area contributed by atoms with Gasteiger partial charge >= 0.3 is 12.1 Å². The van der Waals surface area contributed by atoms with Crippen LogP contribution in [0.1, 0.15) is 73.7 Å². The van der Waals surface area contributed by atoms with Gasteiger partial charge in [0.1, 0.15) is 5.82 Å². The average Bonchev–Trinajstić information content (AvgIpc) is 3.16. The maximum Gasteiger partial charge on any atom is 0.406 e. The van der Waals surface area contributed by atoms with Crippen molar-refractivity contribution in [3.63, 3.8) is 0 Å². The molecule has 1 fully saturated rings. The van der Waals surface area contributed by atoms with Crippen molar-refractivity contribution in [1.29, 1.82) is 0 Å². The van der Waals surface area contributed by atoms with Crippen LogP contribution < -0.4 is 21.3 Å². The SMILES string of the molecule is CNC[C@H](CC1CCCCC1)NC(=O)N(C)CC[C@]1(CCCNC(=O)OC)NC(=O)c2ccc(F)cc21. The van der Waals surface area contributed by atoms with Gasteiger partial charge in [-0.05, 0) is 62.4 Å². The first-order chi connectivity index (χ1) is 17.8. The van der Waals surface area contributed by atoms with E-state index in [4.69, 9.17) is 0 Å². The Morgan fingerprint density at radius 2 is 2.00 bits per heavy atom. The van der Waals surface area contributed by atoms with E-state index in [1.54, 1.807) is 11.9 Å². The summed E-state index contributed by atoms with van der Waals surface area (Å²) in [5.74, 6) is -0.0414. The maximum atomic E-state index is 14.2. The lowest BCUT2D eigenvalue weighted by atomic mass is 9.83. The number of hydrogen-bond donors (Lipinski definition) is 4. The third-order valence-electron chi connectivity index (χ3n) is 7.67. The Kier molecular flexibility index (Phi) is 10.5. The number of rotatable bonds is 12. The second kappa shape index (κ2) is 13.6. The zero-order valence-corrected chi connectivity index (χ0v) is 22.3. The minimum atomic E-state index is -0.840. The van der Waals surface area contributed by atoms with E-state index in [2.05, 4.69) is 26.0 Å². The van der Waals surface area contributed by atoms with Gasteiger partial charge in [-0.15, -0.1) is 0 Å². The van der Waals surface area contributed by atoms with Gasteiger partial charge in [-0.25, -0.2) is 14.0 Å². The number of hydrogen-bond acceptors (Lipinski definition) is 5. The number of amides is 4. The zero-order chi connectivity index (χ0) is 26.8. The third kappa shape index (κ3) is 7.80. The fraction of sp³-hybridized carbons (Fsp3) is 0.667. The summed E-state index contributed by atoms with van der Waals surface area (Å²) in [4.78, 5) is 38.9. The number of nitrogens with zero attached hydrogens (tertiary/aromatic N) is 1. The number of ether oxygens (including phenoxy) is 1. The van der Waals surface area contributed by atoms with E-state index in [0.29, 0.717) is 55.9 Å². The summed E-state index contributed by atoms with van der Waals surface area (Å²) in [6, 6.07) is 4.05. The number of carbonyl (C=O) groups excluding carboxylic acids is 3. The first-order valence-electron chi connectivity index (χ1n) is 13.4. The topological polar surface area (TPSA) is 112 Å². The van der Waals surface area contributed by atoms with E-state index in [1.807, 2.05) is 7.05 Å². The Bertz CT molecular complexity index is 939. The van der Waals surface area contributed by atoms with Gasteiger partial charge in [-0.1, -0.05) is 32.1 Å². The highest BCUT2D eigenvalue weighted by atomic mass is 19.1. The number of fused-ring (bicyclic) bond motifs is 1. The smallest absolute Gasteiger partial charge is 0.406 e. The quantitative estimate of drug-likeness (QED) is 0.316. The van der Waals surface area contributed by atoms with Crippen molar-refractivity contribution >= 4 is 18.0 Å². The van der Waals surface area contributed by atoms with Crippen LogP contribution >= 0.6 is 0 Å². The molecule has 206 valence electrons. The molecular weight excluding hydrogens is 477 g/mol. The number of halogens is 1. The van der Waals surface area contributed by atoms with Gasteiger partial charge in [0.05, 0.1) is 12.6 Å². The number of methoxy groups -OCH3 is 1. The largest absolute Gasteiger partial charge is 0.453 e. The first kappa shape index (κ1) is 28.7. The van der Waals surface area contributed by atoms with E-state index in [0.717, 1.165) is 6.42 Å². The lowest BCUT2D eigenvalue weighted by Crippen LogP contribution is -2.49. The van der Waals surface area contributed by atoms with Crippen molar-refractivity contribution in [2.24, 2.45) is 5.92 Å². The number of carbonyl (C=O) groups is 3. The van der Waals surface area contributed by atoms with Gasteiger partial charge in [0.15, 0.2) is 0 Å². The normalized spacial score (nSPS) is 20.1. The highest BCUT2D eigenvalue weighted by Crippen LogP contribution is 2.38. The standard InChI is InChI=1S/C27H42FN5O4/c1-29-18-21(16-19-8-5-4-6-9-19)31-25(35)33(2)15-13-27(12-7-14-30-26(36)37-3)23-17-20(28)10-11-22(23)24(34)32-27/h10-11,17,19,21,29H,4-9,12-16,18H2,1-3H3,(H,30,36)(H,31,35)(H,32,34)/t21-,27-/m0/s1. The number of benzene rings is 1. The first-order valence-corrected chi connectivity index (χ1v) is 13.4. The molecule has 1 heterocycles. The minimum absolute atomic E-state index is 0.0439. The molecule has 0 aromatic heterocycles. The molecule has 10 heteroatoms. The third-order valence-corrected chi connectivity index (χ3v) is 7.67. The van der Waals surface area contributed by atoms with Gasteiger partial charge in [-0.2, -0.15) is 0 Å². The van der Waals surface area contributed by atoms with Gasteiger partial charge in [-0.3, -0.25) is 4.79 Å². The summed E-state index contributed by atoms with van der Waals surface area (Å²) >= 11 is 0. The molecule has 1 aromatic rings. The van der Waals surface area contributed by atoms with Gasteiger partial charge in [0.25, 0.3) is 5.91 Å². The van der Waals surface area contributed by atoms with Crippen LogP contribution in [0.15, 0.2) is 18.2 Å². The van der Waals surface area contributed by atoms with E-state index in [9.17, 15) is 18.8 Å². The maximum absolute atomic E-state index is 14.2. The van der Waals surface area contributed by atoms with Crippen LogP contribution in [0.2, 0.25) is 0 Å². The molecule has 1 aliphatic heterocycles. The van der Waals surface area contributed by atoms with Crippen LogP contribution in [-0.4, -0.2) is 69.8 Å². The Morgan fingerprint density at radius 1 is 1.24 bits per heavy atom. The van der Waals surface area contributed by atoms with E-state index in [1.165, 1.54) is 57.4 Å². The highest BCUT2D eigenvalue weighted by molar-refractivity contribution is 6.00. The number of alkyl carbamates (subject to hydrolysis) is 1. The van der Waals surface area contributed by atoms with Crippen LogP contribution in [0.4, 0.5) is 14.0 Å². The zero-order valence-electron chi connectivity index (χ0n) is 22.3. The summed E-state index contributed by atoms with van der Waals surface area (Å²) in [7, 11) is 4.92. The predicted molar refractivity (Wildman–Crippen MR) is 140 cm³/mol. The molecule has 0 spiro atoms. The minimum Gasteiger partial charge on any atom is -0.453 e. The Labute approximate surface area is 219 Å². The van der Waals surface area contributed by atoms with Crippen LogP contribution in [0.3, 0.4) is 0 Å². The molecule has 9 nitrogen and oxygen atoms in total. The van der Waals surface area contributed by atoms with Crippen molar-refractivity contribution in [2.75, 3.05) is 40.8 Å². The monoisotopic (exact) mass is 519 g/mol. The molecule has 37 heavy (non-hydrogen) atoms. The highest BCUT2D eigenvalue weighted by Gasteiger charge is 2.42. The summed E-state index contributed by atoms with van der Waals surface area (Å²) in [6.45, 7) is 1.41. The van der Waals surface area contributed by atoms with Crippen LogP contribution in [0.25, 0.3) is 0 Å². The van der Waals surface area contributed by atoms with Gasteiger partial charge in [0, 0.05) is 38.3 Å². The molecule has 0 bridgehead atoms. The van der Waals surface area contributed by atoms with Crippen molar-refractivity contribution in [1.82, 2.24) is 26.2 Å². The predicted octanol–water partition coefficient (Wildman–Crippen LogP) is 3.49. The van der Waals surface area contributed by atoms with Crippen LogP contribution in [-0.2, 0) is 10.3 Å². The number of nitrogens with one attached hydrogen (secondary N) is 4. The summed E-state index contributed by atoms with van der Waals surface area (Å²) in [5, 5.41) is 12.1. The molecule has 2 aliphatic rings. The molecule has 0 radical (unpaired) electrons. The Balaban J connectivity index is 1.65. The fourth-order valence-corrected chi connectivity index (χ4v) is 5.64. The van der Waals surface area contributed by atoms with Crippen LogP contribution in [0, 0.1) is 11.7 Å². The lowest BCUT2D eigenvalue weighted by molar-refractivity contribution is 0.0915. The molecule has 1 aliphatic carbocycles. The second-order valence-corrected chi connectivity index (χ2v) is 10.4. The molecule has 2 atom stereocenters. The lowest BCUT2D eigenvalue weighted by Gasteiger charge is -2.33. The Morgan fingerprint density at radius 3 is 2.70 bits per heavy atom. The van der Waals surface area contributed by atoms with Crippen molar-refractivity contribution in [2.45, 2.75) is 69.4 Å². The second-order valence-electron chi connectivity index (χ2n) is 10.4. The van der Waals surface area contributed by atoms with E-state index in [-0.39, 0.29) is 18.0 Å². The number of urea groups is 1. The van der Waals surface area contributed by atoms with Crippen molar-refractivity contribution in [3.8, 4) is 0 Å². The van der Waals surface area contributed by atoms with E-state index >= 15 is 0 Å². The van der Waals surface area contributed by atoms with E-state index < -0.39 is 17.4 Å². The van der Waals surface area contributed by atoms with Gasteiger partial charge < -0.3 is 30.9 Å². The Hall–Kier alpha value is -2.88. The van der Waals surface area contributed by atoms with Gasteiger partial charge in [0.2, 0.25) is 0 Å². The van der Waals surface area contributed by atoms with Crippen LogP contribution in [0.5, 0.6) is 0 Å². The number of likely N-dealkylation sites (N-methyl/N-ethyl adjacent to an activating group) is 1. The molecule has 4 N–H and O–H groups in total. The average molecular weight is 520 g/mol. The summed E-state index contributed by atoms with van der Waals surface area (Å²) in [5.41, 5.74) is 0.193. The van der Waals surface area contributed by atoms with Crippen molar-refractivity contribution < 1.29 is 23.5 Å². The summed E-state index contributed by atoms with van der Waals surface area (Å²) < 4.78 is 18.8. The molecule has 0 saturated heterocycles. The van der Waals surface area contributed by atoms with Crippen molar-refractivity contribution in [3.05, 3.63) is 35.1 Å². The molecule has 1 aromatic carbocycles. The molecule has 4 amide bonds. The molecule has 1 saturated carbocycles. The molecule has 0 unspecified atom stereocenters. The fourth-order valence-electron chi connectivity index (χ4n) is 5.64. The molecule has 3 rings (SSSR count). The summed E-state index contributed by atoms with van der Waals surface area (Å²) in [6.07, 6.45) is 8.10. The molecular formula is C27H42FN5O4.